The summed E-state index contributed by atoms with van der Waals surface area (Å²) in [5, 5.41) is 0. The van der Waals surface area contributed by atoms with E-state index in [9.17, 15) is 0 Å². The van der Waals surface area contributed by atoms with E-state index in [1.54, 1.807) is 0 Å². The van der Waals surface area contributed by atoms with Gasteiger partial charge in [-0.1, -0.05) is 36.4 Å². The summed E-state index contributed by atoms with van der Waals surface area (Å²) in [6, 6.07) is 0. The number of halogens is 1. The summed E-state index contributed by atoms with van der Waals surface area (Å²) < 4.78 is 6.69. The van der Waals surface area contributed by atoms with Crippen LogP contribution in [0.15, 0.2) is 0 Å². The maximum Gasteiger partial charge on any atom is 0.0715 e. The van der Waals surface area contributed by atoms with Crippen molar-refractivity contribution in [2.75, 3.05) is 11.0 Å². The lowest BCUT2D eigenvalue weighted by Crippen LogP contribution is -2.27. The topological polar surface area (TPSA) is 9.23 Å². The molecule has 0 bridgehead atoms. The first-order valence-corrected chi connectivity index (χ1v) is 5.20. The number of rotatable bonds is 4. The Balaban J connectivity index is 3.46. The third-order valence-electron chi connectivity index (χ3n) is 1.13. The highest BCUT2D eigenvalue weighted by Gasteiger charge is 2.16. The normalized spacial score (nSPS) is 12.6. The van der Waals surface area contributed by atoms with Crippen LogP contribution in [0.1, 0.15) is 27.7 Å². The van der Waals surface area contributed by atoms with Gasteiger partial charge in [-0.05, 0) is 19.8 Å². The monoisotopic (exact) mass is 256 g/mol. The Labute approximate surface area is 77.7 Å². The Bertz CT molecular complexity index is 89.3. The quantitative estimate of drug-likeness (QED) is 0.555. The van der Waals surface area contributed by atoms with Gasteiger partial charge in [-0.2, -0.15) is 0 Å². The summed E-state index contributed by atoms with van der Waals surface area (Å²) in [6.45, 7) is 9.46. The average molecular weight is 256 g/mol. The lowest BCUT2D eigenvalue weighted by molar-refractivity contribution is -0.0112. The van der Waals surface area contributed by atoms with Gasteiger partial charge in [-0.25, -0.2) is 0 Å². The van der Waals surface area contributed by atoms with Gasteiger partial charge >= 0.3 is 0 Å². The Morgan fingerprint density at radius 2 is 1.90 bits per heavy atom. The predicted octanol–water partition coefficient (Wildman–Crippen LogP) is 2.87. The molecule has 0 N–H and O–H groups in total. The summed E-state index contributed by atoms with van der Waals surface area (Å²) >= 11 is 2.35. The lowest BCUT2D eigenvalue weighted by atomic mass is 10.2. The lowest BCUT2D eigenvalue weighted by Gasteiger charge is -2.23. The first-order chi connectivity index (χ1) is 4.48. The second kappa shape index (κ2) is 4.54. The van der Waals surface area contributed by atoms with Crippen LogP contribution in [0.2, 0.25) is 0 Å². The van der Waals surface area contributed by atoms with Crippen LogP contribution in [0, 0.1) is 5.92 Å². The molecular weight excluding hydrogens is 239 g/mol. The van der Waals surface area contributed by atoms with Crippen LogP contribution in [-0.2, 0) is 4.74 Å². The van der Waals surface area contributed by atoms with E-state index in [2.05, 4.69) is 50.3 Å². The van der Waals surface area contributed by atoms with Gasteiger partial charge in [-0.15, -0.1) is 0 Å². The van der Waals surface area contributed by atoms with Crippen LogP contribution in [0.25, 0.3) is 0 Å². The maximum atomic E-state index is 5.63. The molecule has 1 nitrogen and oxygen atoms in total. The van der Waals surface area contributed by atoms with E-state index < -0.39 is 0 Å². The summed E-state index contributed by atoms with van der Waals surface area (Å²) in [5.41, 5.74) is 0.0603. The largest absolute Gasteiger partial charge is 0.375 e. The molecule has 10 heavy (non-hydrogen) atoms. The standard InChI is InChI=1S/C8H17IO/c1-7(2)5-10-8(3,4)6-9/h7H,5-6H2,1-4H3. The zero-order chi connectivity index (χ0) is 8.20. The van der Waals surface area contributed by atoms with E-state index in [1.165, 1.54) is 0 Å². The molecule has 0 aromatic heterocycles. The molecule has 0 aliphatic heterocycles. The first-order valence-electron chi connectivity index (χ1n) is 3.68. The van der Waals surface area contributed by atoms with Crippen LogP contribution in [0.3, 0.4) is 0 Å². The number of hydrogen-bond donors (Lipinski definition) is 0. The molecule has 0 heterocycles. The van der Waals surface area contributed by atoms with Crippen molar-refractivity contribution in [3.8, 4) is 0 Å². The van der Waals surface area contributed by atoms with E-state index in [0.29, 0.717) is 5.92 Å². The van der Waals surface area contributed by atoms with Crippen molar-refractivity contribution >= 4 is 22.6 Å². The third-order valence-corrected chi connectivity index (χ3v) is 2.97. The van der Waals surface area contributed by atoms with Crippen molar-refractivity contribution in [3.05, 3.63) is 0 Å². The molecule has 0 unspecified atom stereocenters. The van der Waals surface area contributed by atoms with E-state index in [-0.39, 0.29) is 5.60 Å². The van der Waals surface area contributed by atoms with Crippen LogP contribution < -0.4 is 0 Å². The molecule has 0 saturated heterocycles. The summed E-state index contributed by atoms with van der Waals surface area (Å²) in [7, 11) is 0. The van der Waals surface area contributed by atoms with Crippen LogP contribution in [0.4, 0.5) is 0 Å². The van der Waals surface area contributed by atoms with E-state index in [4.69, 9.17) is 4.74 Å². The van der Waals surface area contributed by atoms with Crippen molar-refractivity contribution in [2.24, 2.45) is 5.92 Å². The fourth-order valence-corrected chi connectivity index (χ4v) is 0.651. The predicted molar refractivity (Wildman–Crippen MR) is 53.8 cm³/mol. The molecule has 0 spiro atoms. The number of alkyl halides is 1. The molecule has 0 rings (SSSR count). The smallest absolute Gasteiger partial charge is 0.0715 e. The van der Waals surface area contributed by atoms with Gasteiger partial charge in [0.05, 0.1) is 5.60 Å². The number of hydrogen-bond acceptors (Lipinski definition) is 1. The Morgan fingerprint density at radius 1 is 1.40 bits per heavy atom. The second-order valence-electron chi connectivity index (χ2n) is 3.60. The highest BCUT2D eigenvalue weighted by atomic mass is 127. The minimum atomic E-state index is 0.0603. The second-order valence-corrected chi connectivity index (χ2v) is 4.36. The van der Waals surface area contributed by atoms with Gasteiger partial charge < -0.3 is 4.74 Å². The van der Waals surface area contributed by atoms with Gasteiger partial charge in [0.25, 0.3) is 0 Å². The fourth-order valence-electron chi connectivity index (χ4n) is 0.431. The molecule has 0 amide bonds. The van der Waals surface area contributed by atoms with Gasteiger partial charge in [0, 0.05) is 11.0 Å². The summed E-state index contributed by atoms with van der Waals surface area (Å²) in [6.07, 6.45) is 0. The van der Waals surface area contributed by atoms with Crippen LogP contribution in [0.5, 0.6) is 0 Å². The molecule has 0 aromatic carbocycles. The first kappa shape index (κ1) is 10.7. The van der Waals surface area contributed by atoms with E-state index in [1.807, 2.05) is 0 Å². The van der Waals surface area contributed by atoms with Gasteiger partial charge in [0.15, 0.2) is 0 Å². The molecule has 0 aliphatic carbocycles. The average Bonchev–Trinajstić information content (AvgIpc) is 1.85. The third kappa shape index (κ3) is 5.47. The minimum absolute atomic E-state index is 0.0603. The summed E-state index contributed by atoms with van der Waals surface area (Å²) in [5.74, 6) is 0.641. The molecule has 0 aliphatic rings. The molecule has 2 heteroatoms. The SMILES string of the molecule is CC(C)COC(C)(C)CI. The van der Waals surface area contributed by atoms with Crippen molar-refractivity contribution in [1.82, 2.24) is 0 Å². The maximum absolute atomic E-state index is 5.63. The molecule has 62 valence electrons. The molecule has 0 atom stereocenters. The molecule has 0 radical (unpaired) electrons. The van der Waals surface area contributed by atoms with Crippen molar-refractivity contribution in [3.63, 3.8) is 0 Å². The van der Waals surface area contributed by atoms with Crippen molar-refractivity contribution in [2.45, 2.75) is 33.3 Å². The highest BCUT2D eigenvalue weighted by molar-refractivity contribution is 14.1. The number of ether oxygens (including phenoxy) is 1. The van der Waals surface area contributed by atoms with Crippen LogP contribution in [-0.4, -0.2) is 16.6 Å². The molecular formula is C8H17IO. The van der Waals surface area contributed by atoms with Crippen molar-refractivity contribution < 1.29 is 4.74 Å². The minimum Gasteiger partial charge on any atom is -0.375 e. The zero-order valence-corrected chi connectivity index (χ0v) is 9.44. The Morgan fingerprint density at radius 3 is 2.20 bits per heavy atom. The van der Waals surface area contributed by atoms with Gasteiger partial charge in [-0.3, -0.25) is 0 Å². The van der Waals surface area contributed by atoms with Crippen LogP contribution >= 0.6 is 22.6 Å². The van der Waals surface area contributed by atoms with Gasteiger partial charge in [0.1, 0.15) is 0 Å². The Kier molecular flexibility index (Phi) is 4.86. The summed E-state index contributed by atoms with van der Waals surface area (Å²) in [4.78, 5) is 0. The van der Waals surface area contributed by atoms with Gasteiger partial charge in [0.2, 0.25) is 0 Å². The van der Waals surface area contributed by atoms with E-state index in [0.717, 1.165) is 11.0 Å². The molecule has 0 aromatic rings. The van der Waals surface area contributed by atoms with E-state index >= 15 is 0 Å². The molecule has 0 fully saturated rings. The fraction of sp³-hybridized carbons (Fsp3) is 1.00. The highest BCUT2D eigenvalue weighted by Crippen LogP contribution is 2.13. The van der Waals surface area contributed by atoms with Crippen molar-refractivity contribution in [1.29, 1.82) is 0 Å². The Hall–Kier alpha value is 0.690. The zero-order valence-electron chi connectivity index (χ0n) is 7.28. The molecule has 0 saturated carbocycles.